The molecule has 1 aromatic heterocycles. The van der Waals surface area contributed by atoms with E-state index in [1.807, 2.05) is 0 Å². The van der Waals surface area contributed by atoms with Crippen LogP contribution in [0.2, 0.25) is 0 Å². The minimum Gasteiger partial charge on any atom is -0.390 e. The third kappa shape index (κ3) is 2.75. The van der Waals surface area contributed by atoms with Gasteiger partial charge in [0.05, 0.1) is 18.9 Å². The van der Waals surface area contributed by atoms with Crippen molar-refractivity contribution in [2.75, 3.05) is 26.3 Å². The fourth-order valence-electron chi connectivity index (χ4n) is 3.48. The van der Waals surface area contributed by atoms with Crippen molar-refractivity contribution in [3.8, 4) is 0 Å². The van der Waals surface area contributed by atoms with E-state index in [9.17, 15) is 5.11 Å². The molecule has 5 heteroatoms. The molecule has 2 aliphatic rings. The summed E-state index contributed by atoms with van der Waals surface area (Å²) in [6.45, 7) is 8.03. The Kier molecular flexibility index (Phi) is 4.38. The normalized spacial score (nSPS) is 23.8. The predicted octanol–water partition coefficient (Wildman–Crippen LogP) is 1.18. The Morgan fingerprint density at radius 2 is 2.35 bits per heavy atom. The molecule has 20 heavy (non-hydrogen) atoms. The summed E-state index contributed by atoms with van der Waals surface area (Å²) in [5, 5.41) is 14.0. The maximum Gasteiger partial charge on any atom is 0.0926 e. The van der Waals surface area contributed by atoms with Crippen LogP contribution in [0.5, 0.6) is 0 Å². The fraction of sp³-hybridized carbons (Fsp3) is 0.800. The summed E-state index contributed by atoms with van der Waals surface area (Å²) in [6.07, 6.45) is 3.52. The van der Waals surface area contributed by atoms with Gasteiger partial charge in [0, 0.05) is 50.5 Å². The van der Waals surface area contributed by atoms with Crippen LogP contribution in [0.15, 0.2) is 0 Å². The van der Waals surface area contributed by atoms with Gasteiger partial charge in [-0.25, -0.2) is 0 Å². The van der Waals surface area contributed by atoms with Crippen LogP contribution >= 0.6 is 0 Å². The van der Waals surface area contributed by atoms with E-state index in [-0.39, 0.29) is 6.61 Å². The number of rotatable bonds is 4. The smallest absolute Gasteiger partial charge is 0.0926 e. The second kappa shape index (κ2) is 6.24. The van der Waals surface area contributed by atoms with Gasteiger partial charge in [-0.05, 0) is 25.7 Å². The highest BCUT2D eigenvalue weighted by molar-refractivity contribution is 5.28. The summed E-state index contributed by atoms with van der Waals surface area (Å²) in [5.74, 6) is 0.670. The molecule has 1 fully saturated rings. The lowest BCUT2D eigenvalue weighted by Crippen LogP contribution is -2.37. The van der Waals surface area contributed by atoms with Crippen LogP contribution in [0, 0.1) is 5.92 Å². The molecule has 112 valence electrons. The zero-order valence-electron chi connectivity index (χ0n) is 12.3. The lowest BCUT2D eigenvalue weighted by atomic mass is 9.99. The van der Waals surface area contributed by atoms with Gasteiger partial charge in [-0.15, -0.1) is 0 Å². The number of ether oxygens (including phenoxy) is 1. The first kappa shape index (κ1) is 14.0. The Morgan fingerprint density at radius 3 is 3.05 bits per heavy atom. The minimum atomic E-state index is 0.0513. The quantitative estimate of drug-likeness (QED) is 0.899. The Morgan fingerprint density at radius 1 is 1.45 bits per heavy atom. The highest BCUT2D eigenvalue weighted by Crippen LogP contribution is 2.25. The minimum absolute atomic E-state index is 0.0513. The van der Waals surface area contributed by atoms with Gasteiger partial charge in [-0.1, -0.05) is 0 Å². The van der Waals surface area contributed by atoms with Crippen molar-refractivity contribution in [1.82, 2.24) is 14.7 Å². The van der Waals surface area contributed by atoms with E-state index in [1.165, 1.54) is 24.1 Å². The van der Waals surface area contributed by atoms with Crippen LogP contribution < -0.4 is 0 Å². The lowest BCUT2D eigenvalue weighted by molar-refractivity contribution is 0.0362. The SMILES string of the molecule is CCn1nc(CO)c2c1CCN(CC1CCCOC1)C2. The van der Waals surface area contributed by atoms with Crippen LogP contribution in [0.25, 0.3) is 0 Å². The second-order valence-corrected chi connectivity index (χ2v) is 5.91. The molecular formula is C15H25N3O2. The van der Waals surface area contributed by atoms with Gasteiger partial charge in [0.15, 0.2) is 0 Å². The van der Waals surface area contributed by atoms with E-state index >= 15 is 0 Å². The summed E-state index contributed by atoms with van der Waals surface area (Å²) in [7, 11) is 0. The summed E-state index contributed by atoms with van der Waals surface area (Å²) < 4.78 is 7.63. The van der Waals surface area contributed by atoms with Gasteiger partial charge >= 0.3 is 0 Å². The van der Waals surface area contributed by atoms with E-state index in [1.54, 1.807) is 0 Å². The molecular weight excluding hydrogens is 254 g/mol. The molecule has 0 aromatic carbocycles. The topological polar surface area (TPSA) is 50.5 Å². The highest BCUT2D eigenvalue weighted by Gasteiger charge is 2.26. The van der Waals surface area contributed by atoms with Crippen LogP contribution in [0.4, 0.5) is 0 Å². The molecule has 1 unspecified atom stereocenters. The Labute approximate surface area is 120 Å². The number of fused-ring (bicyclic) bond motifs is 1. The monoisotopic (exact) mass is 279 g/mol. The third-order valence-electron chi connectivity index (χ3n) is 4.52. The number of aliphatic hydroxyl groups excluding tert-OH is 1. The van der Waals surface area contributed by atoms with Crippen LogP contribution in [0.1, 0.15) is 36.7 Å². The van der Waals surface area contributed by atoms with Crippen LogP contribution in [0.3, 0.4) is 0 Å². The molecule has 0 radical (unpaired) electrons. The van der Waals surface area contributed by atoms with Gasteiger partial charge in [0.1, 0.15) is 0 Å². The molecule has 1 N–H and O–H groups in total. The van der Waals surface area contributed by atoms with Crippen molar-refractivity contribution in [3.05, 3.63) is 17.0 Å². The summed E-state index contributed by atoms with van der Waals surface area (Å²) >= 11 is 0. The van der Waals surface area contributed by atoms with Crippen molar-refractivity contribution in [3.63, 3.8) is 0 Å². The van der Waals surface area contributed by atoms with Gasteiger partial charge < -0.3 is 9.84 Å². The molecule has 1 atom stereocenters. The first-order valence-electron chi connectivity index (χ1n) is 7.80. The van der Waals surface area contributed by atoms with Crippen molar-refractivity contribution in [2.24, 2.45) is 5.92 Å². The Bertz CT molecular complexity index is 452. The van der Waals surface area contributed by atoms with Crippen LogP contribution in [-0.4, -0.2) is 46.1 Å². The highest BCUT2D eigenvalue weighted by atomic mass is 16.5. The maximum atomic E-state index is 9.50. The van der Waals surface area contributed by atoms with Crippen molar-refractivity contribution in [1.29, 1.82) is 0 Å². The number of nitrogens with zero attached hydrogens (tertiary/aromatic N) is 3. The first-order chi connectivity index (χ1) is 9.81. The van der Waals surface area contributed by atoms with Gasteiger partial charge in [-0.2, -0.15) is 5.10 Å². The van der Waals surface area contributed by atoms with E-state index in [2.05, 4.69) is 21.6 Å². The lowest BCUT2D eigenvalue weighted by Gasteiger charge is -2.32. The standard InChI is InChI=1S/C15H25N3O2/c1-2-18-15-5-6-17(8-12-4-3-7-20-11-12)9-13(15)14(10-19)16-18/h12,19H,2-11H2,1H3. The molecule has 3 heterocycles. The third-order valence-corrected chi connectivity index (χ3v) is 4.52. The summed E-state index contributed by atoms with van der Waals surface area (Å²) in [6, 6.07) is 0. The summed E-state index contributed by atoms with van der Waals surface area (Å²) in [5.41, 5.74) is 3.46. The number of aromatic nitrogens is 2. The van der Waals surface area contributed by atoms with Crippen molar-refractivity contribution < 1.29 is 9.84 Å². The molecule has 0 saturated carbocycles. The van der Waals surface area contributed by atoms with Crippen LogP contribution in [-0.2, 0) is 30.9 Å². The summed E-state index contributed by atoms with van der Waals surface area (Å²) in [4.78, 5) is 2.50. The number of aryl methyl sites for hydroxylation is 1. The molecule has 5 nitrogen and oxygen atoms in total. The number of hydrogen-bond donors (Lipinski definition) is 1. The number of aliphatic hydroxyl groups is 1. The predicted molar refractivity (Wildman–Crippen MR) is 76.3 cm³/mol. The Balaban J connectivity index is 1.69. The molecule has 0 spiro atoms. The average Bonchev–Trinajstić information content (AvgIpc) is 2.85. The van der Waals surface area contributed by atoms with Gasteiger partial charge in [-0.3, -0.25) is 9.58 Å². The zero-order valence-corrected chi connectivity index (χ0v) is 12.3. The van der Waals surface area contributed by atoms with E-state index < -0.39 is 0 Å². The molecule has 0 amide bonds. The van der Waals surface area contributed by atoms with Gasteiger partial charge in [0.2, 0.25) is 0 Å². The average molecular weight is 279 g/mol. The molecule has 1 saturated heterocycles. The maximum absolute atomic E-state index is 9.50. The van der Waals surface area contributed by atoms with E-state index in [0.29, 0.717) is 5.92 Å². The van der Waals surface area contributed by atoms with Gasteiger partial charge in [0.25, 0.3) is 0 Å². The largest absolute Gasteiger partial charge is 0.390 e. The first-order valence-corrected chi connectivity index (χ1v) is 7.80. The second-order valence-electron chi connectivity index (χ2n) is 5.91. The molecule has 0 bridgehead atoms. The molecule has 3 rings (SSSR count). The Hall–Kier alpha value is -0.910. The molecule has 1 aromatic rings. The molecule has 2 aliphatic heterocycles. The number of hydrogen-bond acceptors (Lipinski definition) is 4. The zero-order chi connectivity index (χ0) is 13.9. The van der Waals surface area contributed by atoms with E-state index in [4.69, 9.17) is 4.74 Å². The fourth-order valence-corrected chi connectivity index (χ4v) is 3.48. The molecule has 0 aliphatic carbocycles. The van der Waals surface area contributed by atoms with Crippen molar-refractivity contribution in [2.45, 2.75) is 45.9 Å². The van der Waals surface area contributed by atoms with Crippen molar-refractivity contribution >= 4 is 0 Å². The van der Waals surface area contributed by atoms with E-state index in [0.717, 1.165) is 51.5 Å².